The van der Waals surface area contributed by atoms with Crippen molar-refractivity contribution in [3.63, 3.8) is 0 Å². The van der Waals surface area contributed by atoms with Gasteiger partial charge in [-0.05, 0) is 25.8 Å². The average molecular weight is 318 g/mol. The summed E-state index contributed by atoms with van der Waals surface area (Å²) < 4.78 is 6.89. The van der Waals surface area contributed by atoms with Crippen LogP contribution in [-0.2, 0) is 16.9 Å². The summed E-state index contributed by atoms with van der Waals surface area (Å²) in [5, 5.41) is 8.10. The molecule has 0 bridgehead atoms. The SMILES string of the molecule is CC(C(=O)N(C)Cc1nc(C2(N)CCCC2)no1)n1cccn1. The van der Waals surface area contributed by atoms with Crippen LogP contribution in [0.15, 0.2) is 23.0 Å². The van der Waals surface area contributed by atoms with Crippen LogP contribution in [0.2, 0.25) is 0 Å². The van der Waals surface area contributed by atoms with Crippen molar-refractivity contribution in [3.05, 3.63) is 30.2 Å². The Hall–Kier alpha value is -2.22. The van der Waals surface area contributed by atoms with Crippen LogP contribution in [0.5, 0.6) is 0 Å². The number of likely N-dealkylation sites (N-methyl/N-ethyl adjacent to an activating group) is 1. The summed E-state index contributed by atoms with van der Waals surface area (Å²) in [6.45, 7) is 2.06. The molecule has 8 heteroatoms. The number of hydrogen-bond acceptors (Lipinski definition) is 6. The molecule has 2 aromatic heterocycles. The standard InChI is InChI=1S/C15H22N6O2/c1-11(21-9-5-8-17-21)13(22)20(2)10-12-18-14(19-23-12)15(16)6-3-4-7-15/h5,8-9,11H,3-4,6-7,10,16H2,1-2H3. The zero-order valence-electron chi connectivity index (χ0n) is 13.5. The molecule has 23 heavy (non-hydrogen) atoms. The second-order valence-corrected chi connectivity index (χ2v) is 6.23. The van der Waals surface area contributed by atoms with E-state index in [0.29, 0.717) is 11.7 Å². The molecule has 0 saturated heterocycles. The van der Waals surface area contributed by atoms with Crippen molar-refractivity contribution in [3.8, 4) is 0 Å². The smallest absolute Gasteiger partial charge is 0.247 e. The van der Waals surface area contributed by atoms with E-state index in [1.165, 1.54) is 0 Å². The van der Waals surface area contributed by atoms with Crippen molar-refractivity contribution >= 4 is 5.91 Å². The molecule has 1 fully saturated rings. The lowest BCUT2D eigenvalue weighted by Crippen LogP contribution is -2.35. The lowest BCUT2D eigenvalue weighted by Gasteiger charge is -2.20. The summed E-state index contributed by atoms with van der Waals surface area (Å²) in [4.78, 5) is 18.4. The summed E-state index contributed by atoms with van der Waals surface area (Å²) in [5.74, 6) is 0.878. The molecule has 1 amide bonds. The Morgan fingerprint density at radius 3 is 2.91 bits per heavy atom. The second-order valence-electron chi connectivity index (χ2n) is 6.23. The highest BCUT2D eigenvalue weighted by atomic mass is 16.5. The molecule has 124 valence electrons. The van der Waals surface area contributed by atoms with Gasteiger partial charge in [0.1, 0.15) is 6.04 Å². The molecule has 0 spiro atoms. The van der Waals surface area contributed by atoms with E-state index >= 15 is 0 Å². The van der Waals surface area contributed by atoms with Crippen LogP contribution in [0.4, 0.5) is 0 Å². The number of hydrogen-bond donors (Lipinski definition) is 1. The molecule has 1 aliphatic carbocycles. The fourth-order valence-corrected chi connectivity index (χ4v) is 2.97. The van der Waals surface area contributed by atoms with Crippen molar-refractivity contribution < 1.29 is 9.32 Å². The lowest BCUT2D eigenvalue weighted by molar-refractivity contribution is -0.134. The molecule has 2 heterocycles. The van der Waals surface area contributed by atoms with E-state index in [-0.39, 0.29) is 18.5 Å². The molecule has 8 nitrogen and oxygen atoms in total. The Kier molecular flexibility index (Phi) is 4.16. The van der Waals surface area contributed by atoms with Crippen LogP contribution < -0.4 is 5.73 Å². The lowest BCUT2D eigenvalue weighted by atomic mass is 9.99. The fraction of sp³-hybridized carbons (Fsp3) is 0.600. The van der Waals surface area contributed by atoms with E-state index in [4.69, 9.17) is 10.3 Å². The molecular weight excluding hydrogens is 296 g/mol. The monoisotopic (exact) mass is 318 g/mol. The van der Waals surface area contributed by atoms with E-state index in [2.05, 4.69) is 15.2 Å². The van der Waals surface area contributed by atoms with Gasteiger partial charge in [0.2, 0.25) is 11.8 Å². The third-order valence-electron chi connectivity index (χ3n) is 4.44. The van der Waals surface area contributed by atoms with E-state index in [0.717, 1.165) is 25.7 Å². The van der Waals surface area contributed by atoms with E-state index in [1.54, 1.807) is 42.0 Å². The van der Waals surface area contributed by atoms with E-state index in [1.807, 2.05) is 0 Å². The maximum atomic E-state index is 12.4. The van der Waals surface area contributed by atoms with Crippen LogP contribution in [0.1, 0.15) is 50.4 Å². The zero-order chi connectivity index (χ0) is 16.4. The van der Waals surface area contributed by atoms with Gasteiger partial charge < -0.3 is 15.2 Å². The predicted octanol–water partition coefficient (Wildman–Crippen LogP) is 1.21. The molecule has 3 rings (SSSR count). The van der Waals surface area contributed by atoms with Gasteiger partial charge in [0.25, 0.3) is 0 Å². The Labute approximate surface area is 134 Å². The van der Waals surface area contributed by atoms with Crippen LogP contribution in [-0.4, -0.2) is 37.8 Å². The van der Waals surface area contributed by atoms with Crippen molar-refractivity contribution in [1.82, 2.24) is 24.8 Å². The Morgan fingerprint density at radius 2 is 2.26 bits per heavy atom. The van der Waals surface area contributed by atoms with Crippen LogP contribution >= 0.6 is 0 Å². The number of nitrogens with two attached hydrogens (primary N) is 1. The van der Waals surface area contributed by atoms with Crippen molar-refractivity contribution in [2.75, 3.05) is 7.05 Å². The minimum atomic E-state index is -0.479. The van der Waals surface area contributed by atoms with Gasteiger partial charge in [-0.2, -0.15) is 10.1 Å². The third kappa shape index (κ3) is 3.12. The molecule has 1 saturated carbocycles. The van der Waals surface area contributed by atoms with Crippen LogP contribution in [0.25, 0.3) is 0 Å². The summed E-state index contributed by atoms with van der Waals surface area (Å²) in [6, 6.07) is 1.41. The van der Waals surface area contributed by atoms with Gasteiger partial charge in [-0.15, -0.1) is 0 Å². The highest BCUT2D eigenvalue weighted by Gasteiger charge is 2.36. The molecule has 1 aliphatic rings. The number of nitrogens with zero attached hydrogens (tertiary/aromatic N) is 5. The van der Waals surface area contributed by atoms with Crippen molar-refractivity contribution in [2.24, 2.45) is 5.73 Å². The molecular formula is C15H22N6O2. The first-order valence-corrected chi connectivity index (χ1v) is 7.86. The topological polar surface area (TPSA) is 103 Å². The van der Waals surface area contributed by atoms with Gasteiger partial charge in [0.15, 0.2) is 5.82 Å². The Morgan fingerprint density at radius 1 is 1.52 bits per heavy atom. The van der Waals surface area contributed by atoms with Gasteiger partial charge in [0.05, 0.1) is 12.1 Å². The third-order valence-corrected chi connectivity index (χ3v) is 4.44. The number of rotatable bonds is 5. The Balaban J connectivity index is 1.65. The molecule has 2 aromatic rings. The molecule has 1 unspecified atom stereocenters. The van der Waals surface area contributed by atoms with Gasteiger partial charge in [-0.25, -0.2) is 0 Å². The number of aromatic nitrogens is 4. The number of carbonyl (C=O) groups excluding carboxylic acids is 1. The van der Waals surface area contributed by atoms with Gasteiger partial charge >= 0.3 is 0 Å². The largest absolute Gasteiger partial charge is 0.337 e. The van der Waals surface area contributed by atoms with Crippen LogP contribution in [0.3, 0.4) is 0 Å². The summed E-state index contributed by atoms with van der Waals surface area (Å²) in [7, 11) is 1.71. The van der Waals surface area contributed by atoms with E-state index < -0.39 is 5.54 Å². The molecule has 0 aliphatic heterocycles. The van der Waals surface area contributed by atoms with Crippen molar-refractivity contribution in [1.29, 1.82) is 0 Å². The van der Waals surface area contributed by atoms with E-state index in [9.17, 15) is 4.79 Å². The number of carbonyl (C=O) groups is 1. The summed E-state index contributed by atoms with van der Waals surface area (Å²) >= 11 is 0. The molecule has 0 radical (unpaired) electrons. The highest BCUT2D eigenvalue weighted by Crippen LogP contribution is 2.34. The predicted molar refractivity (Wildman–Crippen MR) is 82.0 cm³/mol. The quantitative estimate of drug-likeness (QED) is 0.889. The maximum absolute atomic E-state index is 12.4. The summed E-state index contributed by atoms with van der Waals surface area (Å²) in [6.07, 6.45) is 7.32. The van der Waals surface area contributed by atoms with Crippen LogP contribution in [0, 0.1) is 0 Å². The minimum Gasteiger partial charge on any atom is -0.337 e. The fourth-order valence-electron chi connectivity index (χ4n) is 2.97. The second kappa shape index (κ2) is 6.11. The summed E-state index contributed by atoms with van der Waals surface area (Å²) in [5.41, 5.74) is 5.84. The minimum absolute atomic E-state index is 0.0724. The maximum Gasteiger partial charge on any atom is 0.247 e. The first-order chi connectivity index (χ1) is 11.0. The van der Waals surface area contributed by atoms with Gasteiger partial charge in [-0.3, -0.25) is 9.48 Å². The van der Waals surface area contributed by atoms with Crippen molar-refractivity contribution in [2.45, 2.75) is 50.7 Å². The zero-order valence-corrected chi connectivity index (χ0v) is 13.5. The first-order valence-electron chi connectivity index (χ1n) is 7.86. The average Bonchev–Trinajstić information content (AvgIpc) is 3.27. The molecule has 0 aromatic carbocycles. The normalized spacial score (nSPS) is 18.0. The first kappa shape index (κ1) is 15.7. The van der Waals surface area contributed by atoms with Gasteiger partial charge in [-0.1, -0.05) is 18.0 Å². The Bertz CT molecular complexity index is 659. The van der Waals surface area contributed by atoms with Gasteiger partial charge in [0, 0.05) is 19.4 Å². The number of amides is 1. The highest BCUT2D eigenvalue weighted by molar-refractivity contribution is 5.79. The molecule has 1 atom stereocenters. The molecule has 2 N–H and O–H groups in total.